The van der Waals surface area contributed by atoms with Crippen LogP contribution in [0.4, 0.5) is 0 Å². The van der Waals surface area contributed by atoms with E-state index in [9.17, 15) is 0 Å². The molecule has 0 saturated heterocycles. The van der Waals surface area contributed by atoms with Crippen LogP contribution in [-0.2, 0) is 5.54 Å². The third kappa shape index (κ3) is 5.79. The third-order valence-electron chi connectivity index (χ3n) is 8.73. The Kier molecular flexibility index (Phi) is 8.26. The van der Waals surface area contributed by atoms with Crippen molar-refractivity contribution in [1.82, 2.24) is 20.2 Å². The zero-order chi connectivity index (χ0) is 30.5. The Hall–Kier alpha value is -5.00. The maximum absolute atomic E-state index is 6.01. The monoisotopic (exact) mass is 608 g/mol. The maximum Gasteiger partial charge on any atom is 0.205 e. The van der Waals surface area contributed by atoms with E-state index >= 15 is 0 Å². The molecule has 0 atom stereocenters. The molecule has 0 unspecified atom stereocenters. The van der Waals surface area contributed by atoms with E-state index in [0.29, 0.717) is 16.8 Å². The van der Waals surface area contributed by atoms with Crippen LogP contribution in [0.25, 0.3) is 11.4 Å². The van der Waals surface area contributed by atoms with E-state index in [1.807, 2.05) is 48.7 Å². The van der Waals surface area contributed by atoms with Crippen LogP contribution in [0.5, 0.6) is 5.75 Å². The van der Waals surface area contributed by atoms with E-state index in [1.165, 1.54) is 11.1 Å². The lowest BCUT2D eigenvalue weighted by molar-refractivity contribution is 0.395. The summed E-state index contributed by atoms with van der Waals surface area (Å²) in [6.07, 6.45) is 5.93. The van der Waals surface area contributed by atoms with Gasteiger partial charge in [-0.15, -0.1) is 15.0 Å². The van der Waals surface area contributed by atoms with Crippen molar-refractivity contribution in [1.29, 1.82) is 0 Å². The first-order chi connectivity index (χ1) is 22.2. The number of aromatic nitrogens is 4. The molecule has 0 N–H and O–H groups in total. The SMILES string of the molecule is Clc1ccc(OC=C2CCC(c3ccccc3-c3nnn(C(c4ccccc4)(c4ccccc4)c4ccccc4)n3)CC2)cc1. The van der Waals surface area contributed by atoms with Crippen molar-refractivity contribution < 1.29 is 4.74 Å². The van der Waals surface area contributed by atoms with Gasteiger partial charge < -0.3 is 4.74 Å². The summed E-state index contributed by atoms with van der Waals surface area (Å²) in [5.74, 6) is 1.82. The largest absolute Gasteiger partial charge is 0.465 e. The predicted molar refractivity (Wildman–Crippen MR) is 179 cm³/mol. The quantitative estimate of drug-likeness (QED) is 0.128. The van der Waals surface area contributed by atoms with Crippen molar-refractivity contribution >= 4 is 11.6 Å². The van der Waals surface area contributed by atoms with Crippen LogP contribution in [0.3, 0.4) is 0 Å². The highest BCUT2D eigenvalue weighted by molar-refractivity contribution is 6.30. The molecule has 0 radical (unpaired) electrons. The Morgan fingerprint density at radius 2 is 1.20 bits per heavy atom. The number of benzene rings is 5. The average molecular weight is 609 g/mol. The van der Waals surface area contributed by atoms with Gasteiger partial charge >= 0.3 is 0 Å². The first kappa shape index (κ1) is 28.8. The van der Waals surface area contributed by atoms with Crippen molar-refractivity contribution in [3.8, 4) is 17.1 Å². The van der Waals surface area contributed by atoms with Crippen molar-refractivity contribution in [2.75, 3.05) is 0 Å². The van der Waals surface area contributed by atoms with Crippen molar-refractivity contribution in [2.45, 2.75) is 37.1 Å². The van der Waals surface area contributed by atoms with Gasteiger partial charge in [0.15, 0.2) is 5.54 Å². The topological polar surface area (TPSA) is 52.8 Å². The van der Waals surface area contributed by atoms with E-state index < -0.39 is 5.54 Å². The smallest absolute Gasteiger partial charge is 0.205 e. The van der Waals surface area contributed by atoms with Gasteiger partial charge in [-0.2, -0.15) is 0 Å². The molecule has 0 amide bonds. The van der Waals surface area contributed by atoms with E-state index in [-0.39, 0.29) is 0 Å². The summed E-state index contributed by atoms with van der Waals surface area (Å²) in [6.45, 7) is 0. The number of nitrogens with zero attached hydrogens (tertiary/aromatic N) is 4. The number of tetrazole rings is 1. The van der Waals surface area contributed by atoms with Gasteiger partial charge in [-0.3, -0.25) is 0 Å². The van der Waals surface area contributed by atoms with Crippen LogP contribution >= 0.6 is 11.6 Å². The van der Waals surface area contributed by atoms with Crippen LogP contribution in [0.2, 0.25) is 5.02 Å². The third-order valence-corrected chi connectivity index (χ3v) is 8.98. The molecule has 1 fully saturated rings. The molecule has 1 saturated carbocycles. The number of allylic oxidation sites excluding steroid dienone is 1. The van der Waals surface area contributed by atoms with E-state index in [0.717, 1.165) is 53.7 Å². The van der Waals surface area contributed by atoms with Crippen molar-refractivity contribution in [3.05, 3.63) is 179 Å². The molecule has 6 aromatic rings. The highest BCUT2D eigenvalue weighted by Crippen LogP contribution is 2.42. The van der Waals surface area contributed by atoms with Gasteiger partial charge in [0.05, 0.1) is 6.26 Å². The molecule has 0 spiro atoms. The van der Waals surface area contributed by atoms with Gasteiger partial charge in [-0.05, 0) is 88.9 Å². The molecule has 6 heteroatoms. The first-order valence-corrected chi connectivity index (χ1v) is 15.8. The second-order valence-electron chi connectivity index (χ2n) is 11.4. The van der Waals surface area contributed by atoms with E-state index in [1.54, 1.807) is 4.80 Å². The minimum Gasteiger partial charge on any atom is -0.465 e. The lowest BCUT2D eigenvalue weighted by Crippen LogP contribution is -2.39. The second kappa shape index (κ2) is 12.9. The molecule has 45 heavy (non-hydrogen) atoms. The van der Waals surface area contributed by atoms with Gasteiger partial charge in [0.2, 0.25) is 5.82 Å². The molecule has 1 heterocycles. The van der Waals surface area contributed by atoms with Crippen LogP contribution in [-0.4, -0.2) is 20.2 Å². The van der Waals surface area contributed by atoms with E-state index in [4.69, 9.17) is 31.7 Å². The maximum atomic E-state index is 6.01. The molecular formula is C39H33ClN4O. The standard InChI is InChI=1S/C39H33ClN4O/c40-34-24-26-35(27-25-34)45-28-29-20-22-30(23-21-29)36-18-10-11-19-37(36)38-41-43-44(42-38)39(31-12-4-1-5-13-31,32-14-6-2-7-15-32)33-16-8-3-9-17-33/h1-19,24-28,30H,20-23H2. The van der Waals surface area contributed by atoms with Gasteiger partial charge in [0.25, 0.3) is 0 Å². The Morgan fingerprint density at radius 1 is 0.667 bits per heavy atom. The average Bonchev–Trinajstić information content (AvgIpc) is 3.61. The molecule has 7 rings (SSSR count). The number of ether oxygens (including phenoxy) is 1. The lowest BCUT2D eigenvalue weighted by atomic mass is 9.77. The normalized spacial score (nSPS) is 15.0. The Balaban J connectivity index is 1.22. The summed E-state index contributed by atoms with van der Waals surface area (Å²) < 4.78 is 5.93. The number of halogens is 1. The zero-order valence-electron chi connectivity index (χ0n) is 24.8. The second-order valence-corrected chi connectivity index (χ2v) is 11.9. The minimum absolute atomic E-state index is 0.392. The summed E-state index contributed by atoms with van der Waals surface area (Å²) in [4.78, 5) is 1.80. The van der Waals surface area contributed by atoms with Gasteiger partial charge in [0, 0.05) is 10.6 Å². The van der Waals surface area contributed by atoms with Gasteiger partial charge in [-0.1, -0.05) is 127 Å². The molecule has 5 aromatic carbocycles. The zero-order valence-corrected chi connectivity index (χ0v) is 25.6. The molecule has 5 nitrogen and oxygen atoms in total. The fourth-order valence-corrected chi connectivity index (χ4v) is 6.61. The fourth-order valence-electron chi connectivity index (χ4n) is 6.49. The highest BCUT2D eigenvalue weighted by atomic mass is 35.5. The first-order valence-electron chi connectivity index (χ1n) is 15.4. The molecule has 1 aliphatic carbocycles. The minimum atomic E-state index is -0.807. The van der Waals surface area contributed by atoms with Crippen molar-refractivity contribution in [2.24, 2.45) is 0 Å². The molecular weight excluding hydrogens is 576 g/mol. The molecule has 0 aliphatic heterocycles. The van der Waals surface area contributed by atoms with Crippen LogP contribution in [0.1, 0.15) is 53.9 Å². The summed E-state index contributed by atoms with van der Waals surface area (Å²) >= 11 is 6.01. The fraction of sp³-hybridized carbons (Fsp3) is 0.154. The predicted octanol–water partition coefficient (Wildman–Crippen LogP) is 9.45. The lowest BCUT2D eigenvalue weighted by Gasteiger charge is -2.34. The Labute approximate surface area is 268 Å². The van der Waals surface area contributed by atoms with Gasteiger partial charge in [0.1, 0.15) is 5.75 Å². The Bertz CT molecular complexity index is 1780. The summed E-state index contributed by atoms with van der Waals surface area (Å²) in [6, 6.07) is 47.3. The molecule has 1 aromatic heterocycles. The van der Waals surface area contributed by atoms with E-state index in [2.05, 4.69) is 97.1 Å². The van der Waals surface area contributed by atoms with Gasteiger partial charge in [-0.25, -0.2) is 0 Å². The summed E-state index contributed by atoms with van der Waals surface area (Å²) in [5, 5.41) is 15.4. The highest BCUT2D eigenvalue weighted by Gasteiger charge is 2.41. The molecule has 1 aliphatic rings. The van der Waals surface area contributed by atoms with Crippen LogP contribution < -0.4 is 4.74 Å². The van der Waals surface area contributed by atoms with Crippen molar-refractivity contribution in [3.63, 3.8) is 0 Å². The molecule has 222 valence electrons. The van der Waals surface area contributed by atoms with Crippen LogP contribution in [0.15, 0.2) is 151 Å². The summed E-state index contributed by atoms with van der Waals surface area (Å²) in [7, 11) is 0. The summed E-state index contributed by atoms with van der Waals surface area (Å²) in [5.41, 5.74) is 5.99. The number of hydrogen-bond donors (Lipinski definition) is 0. The Morgan fingerprint density at radius 3 is 1.78 bits per heavy atom. The van der Waals surface area contributed by atoms with Crippen LogP contribution in [0, 0.1) is 0 Å². The molecule has 0 bridgehead atoms. The number of hydrogen-bond acceptors (Lipinski definition) is 4. The number of rotatable bonds is 8.